The molecule has 1 N–H and O–H groups in total. The molecule has 2 aromatic rings. The van der Waals surface area contributed by atoms with E-state index in [0.29, 0.717) is 36.9 Å². The van der Waals surface area contributed by atoms with Gasteiger partial charge in [-0.25, -0.2) is 13.1 Å². The molecule has 22 heavy (non-hydrogen) atoms. The molecule has 1 aromatic carbocycles. The van der Waals surface area contributed by atoms with E-state index in [4.69, 9.17) is 23.2 Å². The summed E-state index contributed by atoms with van der Waals surface area (Å²) in [5.74, 6) is 0. The summed E-state index contributed by atoms with van der Waals surface area (Å²) in [7, 11) is -3.64. The molecule has 6 nitrogen and oxygen atoms in total. The average molecular weight is 361 g/mol. The molecular formula is C13H14Cl2N4O2S. The summed E-state index contributed by atoms with van der Waals surface area (Å²) in [4.78, 5) is 0. The summed E-state index contributed by atoms with van der Waals surface area (Å²) >= 11 is 12.2. The van der Waals surface area contributed by atoms with Gasteiger partial charge in [0.05, 0.1) is 21.9 Å². The number of nitrogens with zero attached hydrogens (tertiary/aromatic N) is 3. The van der Waals surface area contributed by atoms with Crippen LogP contribution in [0.5, 0.6) is 0 Å². The number of hydrogen-bond acceptors (Lipinski definition) is 4. The van der Waals surface area contributed by atoms with Gasteiger partial charge in [0.15, 0.2) is 5.03 Å². The van der Waals surface area contributed by atoms with Crippen molar-refractivity contribution in [1.29, 1.82) is 0 Å². The third-order valence-corrected chi connectivity index (χ3v) is 6.14. The molecule has 1 aliphatic heterocycles. The topological polar surface area (TPSA) is 67.2 Å². The Hall–Kier alpha value is -1.12. The van der Waals surface area contributed by atoms with Crippen molar-refractivity contribution in [1.82, 2.24) is 19.4 Å². The average Bonchev–Trinajstić information content (AvgIpc) is 3.01. The lowest BCUT2D eigenvalue weighted by Gasteiger charge is -2.26. The standard InChI is InChI=1S/C13H14Cl2N4O2S/c14-10-2-1-3-11(13(10)15)19-12(4-5-17-19)22(20,21)18-8-6-16-7-9-18/h1-5,16H,6-9H2. The van der Waals surface area contributed by atoms with Crippen LogP contribution in [0.3, 0.4) is 0 Å². The van der Waals surface area contributed by atoms with Gasteiger partial charge in [0.25, 0.3) is 10.0 Å². The highest BCUT2D eigenvalue weighted by atomic mass is 35.5. The van der Waals surface area contributed by atoms with E-state index in [9.17, 15) is 8.42 Å². The van der Waals surface area contributed by atoms with Crippen LogP contribution < -0.4 is 5.32 Å². The molecule has 0 bridgehead atoms. The fourth-order valence-electron chi connectivity index (χ4n) is 2.34. The molecule has 0 radical (unpaired) electrons. The monoisotopic (exact) mass is 360 g/mol. The van der Waals surface area contributed by atoms with Gasteiger partial charge in [0, 0.05) is 26.2 Å². The molecule has 0 spiro atoms. The van der Waals surface area contributed by atoms with Crippen molar-refractivity contribution in [3.8, 4) is 5.69 Å². The molecule has 0 aliphatic carbocycles. The molecule has 2 heterocycles. The van der Waals surface area contributed by atoms with Crippen molar-refractivity contribution in [3.63, 3.8) is 0 Å². The minimum Gasteiger partial charge on any atom is -0.314 e. The second kappa shape index (κ2) is 6.17. The van der Waals surface area contributed by atoms with Gasteiger partial charge in [0.2, 0.25) is 0 Å². The van der Waals surface area contributed by atoms with Crippen molar-refractivity contribution in [2.45, 2.75) is 5.03 Å². The summed E-state index contributed by atoms with van der Waals surface area (Å²) < 4.78 is 28.4. The fraction of sp³-hybridized carbons (Fsp3) is 0.308. The molecule has 0 amide bonds. The normalized spacial score (nSPS) is 16.8. The van der Waals surface area contributed by atoms with Crippen molar-refractivity contribution >= 4 is 33.2 Å². The number of nitrogens with one attached hydrogen (secondary N) is 1. The predicted molar refractivity (Wildman–Crippen MR) is 85.2 cm³/mol. The SMILES string of the molecule is O=S(=O)(c1ccnn1-c1cccc(Cl)c1Cl)N1CCNCC1. The number of hydrogen-bond donors (Lipinski definition) is 1. The van der Waals surface area contributed by atoms with E-state index in [0.717, 1.165) is 0 Å². The first-order valence-electron chi connectivity index (χ1n) is 6.71. The zero-order chi connectivity index (χ0) is 15.7. The Balaban J connectivity index is 2.07. The largest absolute Gasteiger partial charge is 0.314 e. The molecule has 9 heteroatoms. The Morgan fingerprint density at radius 1 is 1.14 bits per heavy atom. The van der Waals surface area contributed by atoms with Gasteiger partial charge in [-0.05, 0) is 18.2 Å². The Labute approximate surface area is 138 Å². The van der Waals surface area contributed by atoms with E-state index < -0.39 is 10.0 Å². The highest BCUT2D eigenvalue weighted by Gasteiger charge is 2.29. The van der Waals surface area contributed by atoms with E-state index in [2.05, 4.69) is 10.4 Å². The Morgan fingerprint density at radius 3 is 2.59 bits per heavy atom. The maximum Gasteiger partial charge on any atom is 0.260 e. The third-order valence-electron chi connectivity index (χ3n) is 3.45. The van der Waals surface area contributed by atoms with Crippen LogP contribution in [0.1, 0.15) is 0 Å². The second-order valence-corrected chi connectivity index (χ2v) is 7.48. The number of halogens is 2. The highest BCUT2D eigenvalue weighted by Crippen LogP contribution is 2.30. The number of piperazine rings is 1. The Bertz CT molecular complexity index is 785. The van der Waals surface area contributed by atoms with E-state index in [1.807, 2.05) is 0 Å². The van der Waals surface area contributed by atoms with Gasteiger partial charge < -0.3 is 5.32 Å². The fourth-order valence-corrected chi connectivity index (χ4v) is 4.24. The molecule has 118 valence electrons. The highest BCUT2D eigenvalue weighted by molar-refractivity contribution is 7.89. The first-order chi connectivity index (χ1) is 10.5. The molecular weight excluding hydrogens is 347 g/mol. The van der Waals surface area contributed by atoms with Crippen LogP contribution in [-0.2, 0) is 10.0 Å². The van der Waals surface area contributed by atoms with Crippen LogP contribution >= 0.6 is 23.2 Å². The van der Waals surface area contributed by atoms with E-state index in [1.54, 1.807) is 18.2 Å². The lowest BCUT2D eigenvalue weighted by atomic mass is 10.3. The Kier molecular flexibility index (Phi) is 4.42. The summed E-state index contributed by atoms with van der Waals surface area (Å²) in [5, 5.41) is 7.93. The summed E-state index contributed by atoms with van der Waals surface area (Å²) in [6.45, 7) is 2.12. The number of aromatic nitrogens is 2. The second-order valence-electron chi connectivity index (χ2n) is 4.81. The molecule has 3 rings (SSSR count). The van der Waals surface area contributed by atoms with Crippen molar-refractivity contribution in [2.24, 2.45) is 0 Å². The quantitative estimate of drug-likeness (QED) is 0.905. The summed E-state index contributed by atoms with van der Waals surface area (Å²) in [6, 6.07) is 6.49. The van der Waals surface area contributed by atoms with Gasteiger partial charge in [-0.3, -0.25) is 0 Å². The van der Waals surface area contributed by atoms with Crippen LogP contribution in [0.15, 0.2) is 35.5 Å². The van der Waals surface area contributed by atoms with E-state index >= 15 is 0 Å². The van der Waals surface area contributed by atoms with Gasteiger partial charge in [-0.2, -0.15) is 9.40 Å². The number of benzene rings is 1. The van der Waals surface area contributed by atoms with Crippen LogP contribution in [0.25, 0.3) is 5.69 Å². The van der Waals surface area contributed by atoms with E-state index in [-0.39, 0.29) is 10.0 Å². The first-order valence-corrected chi connectivity index (χ1v) is 8.90. The van der Waals surface area contributed by atoms with E-state index in [1.165, 1.54) is 21.3 Å². The van der Waals surface area contributed by atoms with Crippen LogP contribution in [-0.4, -0.2) is 48.7 Å². The molecule has 1 saturated heterocycles. The minimum atomic E-state index is -3.64. The third kappa shape index (κ3) is 2.75. The number of rotatable bonds is 3. The molecule has 1 aliphatic rings. The summed E-state index contributed by atoms with van der Waals surface area (Å²) in [5.41, 5.74) is 0.438. The minimum absolute atomic E-state index is 0.0820. The van der Waals surface area contributed by atoms with Gasteiger partial charge in [-0.15, -0.1) is 0 Å². The van der Waals surface area contributed by atoms with Gasteiger partial charge >= 0.3 is 0 Å². The Morgan fingerprint density at radius 2 is 1.86 bits per heavy atom. The van der Waals surface area contributed by atoms with Crippen molar-refractivity contribution in [2.75, 3.05) is 26.2 Å². The number of sulfonamides is 1. The molecule has 0 saturated carbocycles. The lowest BCUT2D eigenvalue weighted by molar-refractivity contribution is 0.358. The molecule has 1 fully saturated rings. The lowest BCUT2D eigenvalue weighted by Crippen LogP contribution is -2.46. The van der Waals surface area contributed by atoms with Crippen LogP contribution in [0, 0.1) is 0 Å². The van der Waals surface area contributed by atoms with Crippen LogP contribution in [0.4, 0.5) is 0 Å². The van der Waals surface area contributed by atoms with Crippen molar-refractivity contribution in [3.05, 3.63) is 40.5 Å². The van der Waals surface area contributed by atoms with Crippen molar-refractivity contribution < 1.29 is 8.42 Å². The zero-order valence-electron chi connectivity index (χ0n) is 11.5. The van der Waals surface area contributed by atoms with Gasteiger partial charge in [0.1, 0.15) is 0 Å². The smallest absolute Gasteiger partial charge is 0.260 e. The van der Waals surface area contributed by atoms with Crippen LogP contribution in [0.2, 0.25) is 10.0 Å². The maximum atomic E-state index is 12.8. The predicted octanol–water partition coefficient (Wildman–Crippen LogP) is 1.77. The first kappa shape index (κ1) is 15.8. The summed E-state index contributed by atoms with van der Waals surface area (Å²) in [6.07, 6.45) is 1.44. The molecule has 0 unspecified atom stereocenters. The molecule has 1 aromatic heterocycles. The molecule has 0 atom stereocenters. The van der Waals surface area contributed by atoms with Gasteiger partial charge in [-0.1, -0.05) is 29.3 Å². The maximum absolute atomic E-state index is 12.8. The zero-order valence-corrected chi connectivity index (χ0v) is 13.9.